The highest BCUT2D eigenvalue weighted by Gasteiger charge is 2.26. The monoisotopic (exact) mass is 485 g/mol. The van der Waals surface area contributed by atoms with Crippen LogP contribution in [0.2, 0.25) is 5.02 Å². The Morgan fingerprint density at radius 1 is 1.21 bits per heavy atom. The maximum absolute atomic E-state index is 13.3. The van der Waals surface area contributed by atoms with E-state index in [0.29, 0.717) is 39.1 Å². The van der Waals surface area contributed by atoms with Gasteiger partial charge >= 0.3 is 0 Å². The van der Waals surface area contributed by atoms with Gasteiger partial charge in [0.2, 0.25) is 12.7 Å². The molecule has 33 heavy (non-hydrogen) atoms. The van der Waals surface area contributed by atoms with E-state index >= 15 is 0 Å². The molecule has 172 valence electrons. The molecule has 9 heteroatoms. The molecule has 1 aliphatic heterocycles. The molecule has 1 aromatic heterocycles. The number of nitrogens with zero attached hydrogens (tertiary/aromatic N) is 2. The van der Waals surface area contributed by atoms with Gasteiger partial charge in [-0.15, -0.1) is 0 Å². The maximum Gasteiger partial charge on any atom is 0.262 e. The summed E-state index contributed by atoms with van der Waals surface area (Å²) in [7, 11) is 0. The minimum atomic E-state index is -0.435. The molecule has 7 nitrogen and oxygen atoms in total. The van der Waals surface area contributed by atoms with Gasteiger partial charge in [-0.05, 0) is 55.7 Å². The lowest BCUT2D eigenvalue weighted by Gasteiger charge is -2.20. The molecule has 5 rings (SSSR count). The summed E-state index contributed by atoms with van der Waals surface area (Å²) in [5, 5.41) is 4.17. The van der Waals surface area contributed by atoms with Crippen LogP contribution >= 0.6 is 23.4 Å². The van der Waals surface area contributed by atoms with Gasteiger partial charge in [0.15, 0.2) is 16.7 Å². The van der Waals surface area contributed by atoms with Gasteiger partial charge in [-0.2, -0.15) is 0 Å². The number of fused-ring (bicyclic) bond motifs is 2. The van der Waals surface area contributed by atoms with Crippen LogP contribution in [0.25, 0.3) is 10.9 Å². The largest absolute Gasteiger partial charge is 0.454 e. The molecule has 1 atom stereocenters. The van der Waals surface area contributed by atoms with Crippen LogP contribution in [0.4, 0.5) is 0 Å². The number of aromatic nitrogens is 2. The molecule has 1 amide bonds. The summed E-state index contributed by atoms with van der Waals surface area (Å²) in [5.41, 5.74) is 1.40. The summed E-state index contributed by atoms with van der Waals surface area (Å²) < 4.78 is 12.5. The van der Waals surface area contributed by atoms with Crippen LogP contribution in [-0.4, -0.2) is 27.5 Å². The van der Waals surface area contributed by atoms with Crippen LogP contribution in [0, 0.1) is 0 Å². The molecule has 1 saturated carbocycles. The fourth-order valence-electron chi connectivity index (χ4n) is 4.31. The first-order valence-corrected chi connectivity index (χ1v) is 12.3. The molecule has 0 unspecified atom stereocenters. The second-order valence-electron chi connectivity index (χ2n) is 8.33. The molecule has 2 heterocycles. The predicted octanol–water partition coefficient (Wildman–Crippen LogP) is 4.69. The number of thioether (sulfide) groups is 1. The average Bonchev–Trinajstić information content (AvgIpc) is 3.49. The zero-order valence-corrected chi connectivity index (χ0v) is 19.7. The van der Waals surface area contributed by atoms with Crippen molar-refractivity contribution in [2.24, 2.45) is 0 Å². The van der Waals surface area contributed by atoms with E-state index in [-0.39, 0.29) is 24.3 Å². The Morgan fingerprint density at radius 2 is 2.00 bits per heavy atom. The number of carbonyl (C=O) groups is 1. The number of halogens is 1. The van der Waals surface area contributed by atoms with Crippen molar-refractivity contribution in [1.29, 1.82) is 0 Å². The molecule has 0 bridgehead atoms. The second kappa shape index (κ2) is 9.27. The number of hydrogen-bond donors (Lipinski definition) is 1. The van der Waals surface area contributed by atoms with E-state index in [1.165, 1.54) is 11.8 Å². The summed E-state index contributed by atoms with van der Waals surface area (Å²) in [6, 6.07) is 10.9. The van der Waals surface area contributed by atoms with Crippen LogP contribution in [-0.2, 0) is 11.3 Å². The molecule has 1 fully saturated rings. The van der Waals surface area contributed by atoms with Gasteiger partial charge in [0, 0.05) is 17.6 Å². The van der Waals surface area contributed by atoms with Gasteiger partial charge in [-0.25, -0.2) is 4.98 Å². The van der Waals surface area contributed by atoms with E-state index in [2.05, 4.69) is 5.32 Å². The molecular formula is C24H24ClN3O4S. The summed E-state index contributed by atoms with van der Waals surface area (Å²) in [6.45, 7) is 2.41. The summed E-state index contributed by atoms with van der Waals surface area (Å²) in [5.74, 6) is 1.27. The van der Waals surface area contributed by atoms with Crippen LogP contribution in [0.15, 0.2) is 46.3 Å². The summed E-state index contributed by atoms with van der Waals surface area (Å²) >= 11 is 7.45. The third-order valence-corrected chi connectivity index (χ3v) is 7.38. The molecule has 0 saturated heterocycles. The smallest absolute Gasteiger partial charge is 0.262 e. The lowest BCUT2D eigenvalue weighted by atomic mass is 10.2. The van der Waals surface area contributed by atoms with E-state index in [1.54, 1.807) is 22.8 Å². The van der Waals surface area contributed by atoms with Crippen molar-refractivity contribution < 1.29 is 14.3 Å². The van der Waals surface area contributed by atoms with E-state index in [9.17, 15) is 9.59 Å². The molecule has 2 aromatic carbocycles. The molecule has 1 N–H and O–H groups in total. The predicted molar refractivity (Wildman–Crippen MR) is 128 cm³/mol. The third kappa shape index (κ3) is 4.54. The van der Waals surface area contributed by atoms with Crippen molar-refractivity contribution in [2.45, 2.75) is 55.6 Å². The van der Waals surface area contributed by atoms with Gasteiger partial charge < -0.3 is 14.8 Å². The summed E-state index contributed by atoms with van der Waals surface area (Å²) in [6.07, 6.45) is 4.06. The van der Waals surface area contributed by atoms with Crippen molar-refractivity contribution in [1.82, 2.24) is 14.9 Å². The molecule has 0 spiro atoms. The zero-order chi connectivity index (χ0) is 22.9. The molecule has 3 aromatic rings. The first-order chi connectivity index (χ1) is 16.0. The number of hydrogen-bond acceptors (Lipinski definition) is 6. The van der Waals surface area contributed by atoms with Crippen molar-refractivity contribution in [3.05, 3.63) is 57.3 Å². The highest BCUT2D eigenvalue weighted by molar-refractivity contribution is 8.00. The van der Waals surface area contributed by atoms with Gasteiger partial charge in [-0.3, -0.25) is 14.2 Å². The van der Waals surface area contributed by atoms with Crippen molar-refractivity contribution in [3.63, 3.8) is 0 Å². The highest BCUT2D eigenvalue weighted by atomic mass is 35.5. The lowest BCUT2D eigenvalue weighted by molar-refractivity contribution is -0.120. The quantitative estimate of drug-likeness (QED) is 0.403. The fourth-order valence-corrected chi connectivity index (χ4v) is 5.48. The molecule has 2 aliphatic rings. The molecule has 1 aliphatic carbocycles. The topological polar surface area (TPSA) is 82.5 Å². The fraction of sp³-hybridized carbons (Fsp3) is 0.375. The number of benzene rings is 2. The Bertz CT molecular complexity index is 1270. The van der Waals surface area contributed by atoms with E-state index < -0.39 is 5.25 Å². The normalized spacial score (nSPS) is 16.3. The van der Waals surface area contributed by atoms with Gasteiger partial charge in [-0.1, -0.05) is 42.3 Å². The Labute approximate surface area is 200 Å². The van der Waals surface area contributed by atoms with Gasteiger partial charge in [0.05, 0.1) is 16.2 Å². The standard InChI is InChI=1S/C24H24ClN3O4S/c1-14(22(29)26-12-15-6-9-20-21(10-15)32-13-31-20)33-24-27-19-11-16(25)7-8-18(19)23(30)28(24)17-4-2-3-5-17/h6-11,14,17H,2-5,12-13H2,1H3,(H,26,29)/t14-/m1/s1. The maximum atomic E-state index is 13.3. The van der Waals surface area contributed by atoms with Crippen molar-refractivity contribution >= 4 is 40.2 Å². The third-order valence-electron chi connectivity index (χ3n) is 6.08. The number of carbonyl (C=O) groups excluding carboxylic acids is 1. The highest BCUT2D eigenvalue weighted by Crippen LogP contribution is 2.34. The van der Waals surface area contributed by atoms with Crippen LogP contribution in [0.5, 0.6) is 11.5 Å². The Morgan fingerprint density at radius 3 is 2.82 bits per heavy atom. The van der Waals surface area contributed by atoms with Gasteiger partial charge in [0.25, 0.3) is 5.56 Å². The number of ether oxygens (including phenoxy) is 2. The van der Waals surface area contributed by atoms with Crippen LogP contribution in [0.3, 0.4) is 0 Å². The minimum absolute atomic E-state index is 0.0703. The SMILES string of the molecule is C[C@@H](Sc1nc2cc(Cl)ccc2c(=O)n1C1CCCC1)C(=O)NCc1ccc2c(c1)OCO2. The van der Waals surface area contributed by atoms with E-state index in [4.69, 9.17) is 26.1 Å². The Hall–Kier alpha value is -2.71. The van der Waals surface area contributed by atoms with Crippen molar-refractivity contribution in [2.75, 3.05) is 6.79 Å². The Kier molecular flexibility index (Phi) is 6.21. The number of amides is 1. The number of nitrogens with one attached hydrogen (secondary N) is 1. The summed E-state index contributed by atoms with van der Waals surface area (Å²) in [4.78, 5) is 31.0. The zero-order valence-electron chi connectivity index (χ0n) is 18.2. The average molecular weight is 486 g/mol. The molecule has 0 radical (unpaired) electrons. The lowest BCUT2D eigenvalue weighted by Crippen LogP contribution is -2.32. The minimum Gasteiger partial charge on any atom is -0.454 e. The Balaban J connectivity index is 1.36. The molecular weight excluding hydrogens is 462 g/mol. The number of rotatable bonds is 6. The first-order valence-electron chi connectivity index (χ1n) is 11.0. The van der Waals surface area contributed by atoms with Crippen molar-refractivity contribution in [3.8, 4) is 11.5 Å². The first kappa shape index (κ1) is 22.1. The van der Waals surface area contributed by atoms with E-state index in [1.807, 2.05) is 25.1 Å². The second-order valence-corrected chi connectivity index (χ2v) is 10.1. The van der Waals surface area contributed by atoms with Crippen LogP contribution < -0.4 is 20.3 Å². The van der Waals surface area contributed by atoms with E-state index in [0.717, 1.165) is 31.2 Å². The van der Waals surface area contributed by atoms with Gasteiger partial charge in [0.1, 0.15) is 0 Å². The van der Waals surface area contributed by atoms with Crippen LogP contribution in [0.1, 0.15) is 44.2 Å².